The van der Waals surface area contributed by atoms with Gasteiger partial charge in [0.05, 0.1) is 5.92 Å². The van der Waals surface area contributed by atoms with Crippen molar-refractivity contribution in [3.63, 3.8) is 0 Å². The maximum atomic E-state index is 12.6. The zero-order valence-corrected chi connectivity index (χ0v) is 19.2. The third-order valence-electron chi connectivity index (χ3n) is 5.16. The first kappa shape index (κ1) is 24.1. The number of nitrogens with zero attached hydrogens (tertiary/aromatic N) is 3. The first-order valence-electron chi connectivity index (χ1n) is 10.4. The molecule has 2 unspecified atom stereocenters. The number of nitrogens with two attached hydrogens (primary N) is 1. The number of thiazole rings is 1. The van der Waals surface area contributed by atoms with Crippen LogP contribution in [0.5, 0.6) is 0 Å². The maximum Gasteiger partial charge on any atom is 0.375 e. The van der Waals surface area contributed by atoms with Crippen molar-refractivity contribution in [3.05, 3.63) is 47.0 Å². The Hall–Kier alpha value is -4.04. The second kappa shape index (κ2) is 10.5. The molecule has 3 heterocycles. The van der Waals surface area contributed by atoms with Crippen LogP contribution in [0, 0.1) is 5.92 Å². The Morgan fingerprint density at radius 3 is 2.77 bits per heavy atom. The number of nitrogens with one attached hydrogen (secondary N) is 1. The molecule has 2 fully saturated rings. The molecule has 2 saturated heterocycles. The lowest BCUT2D eigenvalue weighted by molar-refractivity contribution is -0.306. The van der Waals surface area contributed by atoms with Gasteiger partial charge in [-0.2, -0.15) is 0 Å². The molecule has 4 rings (SSSR count). The Balaban J connectivity index is 1.31. The zero-order chi connectivity index (χ0) is 24.9. The monoisotopic (exact) mass is 503 g/mol. The van der Waals surface area contributed by atoms with E-state index in [4.69, 9.17) is 20.1 Å². The molecule has 35 heavy (non-hydrogen) atoms. The maximum absolute atomic E-state index is 12.6. The van der Waals surface area contributed by atoms with E-state index in [9.17, 15) is 19.2 Å². The van der Waals surface area contributed by atoms with Crippen LogP contribution in [0.1, 0.15) is 17.7 Å². The summed E-state index contributed by atoms with van der Waals surface area (Å²) in [5.41, 5.74) is 6.48. The Morgan fingerprint density at radius 2 is 2.09 bits per heavy atom. The molecule has 1 aromatic carbocycles. The van der Waals surface area contributed by atoms with E-state index < -0.39 is 41.8 Å². The highest BCUT2D eigenvalue weighted by Gasteiger charge is 2.44. The van der Waals surface area contributed by atoms with E-state index in [0.29, 0.717) is 11.6 Å². The van der Waals surface area contributed by atoms with Crippen molar-refractivity contribution in [2.45, 2.75) is 25.0 Å². The van der Waals surface area contributed by atoms with Crippen LogP contribution in [0.15, 0.2) is 40.9 Å². The molecule has 0 aliphatic carbocycles. The van der Waals surface area contributed by atoms with Crippen LogP contribution in [0.4, 0.5) is 5.13 Å². The molecular formula is C21H21N5O8S. The van der Waals surface area contributed by atoms with E-state index in [-0.39, 0.29) is 29.6 Å². The van der Waals surface area contributed by atoms with Crippen LogP contribution >= 0.6 is 11.3 Å². The normalized spacial score (nSPS) is 22.1. The third-order valence-corrected chi connectivity index (χ3v) is 5.83. The van der Waals surface area contributed by atoms with Crippen molar-refractivity contribution in [1.29, 1.82) is 0 Å². The first-order valence-corrected chi connectivity index (χ1v) is 11.3. The third kappa shape index (κ3) is 5.55. The zero-order valence-electron chi connectivity index (χ0n) is 18.4. The van der Waals surface area contributed by atoms with E-state index in [1.165, 1.54) is 12.5 Å². The van der Waals surface area contributed by atoms with E-state index in [0.717, 1.165) is 16.9 Å². The van der Waals surface area contributed by atoms with E-state index in [1.807, 2.05) is 30.3 Å². The van der Waals surface area contributed by atoms with Gasteiger partial charge in [-0.1, -0.05) is 35.5 Å². The van der Waals surface area contributed by atoms with Gasteiger partial charge in [-0.15, -0.1) is 11.3 Å². The van der Waals surface area contributed by atoms with Gasteiger partial charge in [-0.05, 0) is 17.2 Å². The number of benzene rings is 1. The Labute approximate surface area is 202 Å². The van der Waals surface area contributed by atoms with Gasteiger partial charge in [-0.25, -0.2) is 14.6 Å². The molecule has 0 bridgehead atoms. The number of ether oxygens (including phenoxy) is 1. The molecule has 2 aliphatic heterocycles. The summed E-state index contributed by atoms with van der Waals surface area (Å²) in [6.45, 7) is -0.307. The predicted molar refractivity (Wildman–Crippen MR) is 119 cm³/mol. The fourth-order valence-electron chi connectivity index (χ4n) is 3.49. The van der Waals surface area contributed by atoms with Crippen LogP contribution in [0.25, 0.3) is 0 Å². The van der Waals surface area contributed by atoms with Gasteiger partial charge in [0, 0.05) is 11.8 Å². The number of carbonyl (C=O) groups excluding carboxylic acids is 4. The van der Waals surface area contributed by atoms with Crippen LogP contribution < -0.4 is 11.1 Å². The van der Waals surface area contributed by atoms with Crippen LogP contribution in [-0.2, 0) is 44.8 Å². The van der Waals surface area contributed by atoms with Gasteiger partial charge in [-0.3, -0.25) is 14.4 Å². The Bertz CT molecular complexity index is 1150. The van der Waals surface area contributed by atoms with Crippen molar-refractivity contribution in [2.75, 3.05) is 19.5 Å². The van der Waals surface area contributed by atoms with Crippen molar-refractivity contribution in [3.8, 4) is 0 Å². The molecule has 1 aromatic heterocycles. The average Bonchev–Trinajstić information content (AvgIpc) is 3.53. The van der Waals surface area contributed by atoms with E-state index in [1.54, 1.807) is 0 Å². The van der Waals surface area contributed by atoms with Crippen LogP contribution in [0.3, 0.4) is 0 Å². The van der Waals surface area contributed by atoms with E-state index in [2.05, 4.69) is 20.3 Å². The second-order valence-corrected chi connectivity index (χ2v) is 8.46. The first-order chi connectivity index (χ1) is 16.9. The van der Waals surface area contributed by atoms with Crippen LogP contribution in [-0.4, -0.2) is 65.5 Å². The molecule has 2 amide bonds. The number of carbonyl (C=O) groups is 4. The predicted octanol–water partition coefficient (Wildman–Crippen LogP) is -0.0330. The van der Waals surface area contributed by atoms with Gasteiger partial charge in [0.25, 0.3) is 5.91 Å². The molecule has 14 heteroatoms. The van der Waals surface area contributed by atoms with Gasteiger partial charge < -0.3 is 25.5 Å². The highest BCUT2D eigenvalue weighted by Crippen LogP contribution is 2.26. The summed E-state index contributed by atoms with van der Waals surface area (Å²) in [4.78, 5) is 68.6. The summed E-state index contributed by atoms with van der Waals surface area (Å²) in [6.07, 6.45) is -0.675. The minimum Gasteiger partial charge on any atom is -0.450 e. The number of cyclic esters (lactones) is 1. The number of hydrogen-bond acceptors (Lipinski definition) is 12. The summed E-state index contributed by atoms with van der Waals surface area (Å²) >= 11 is 1.10. The van der Waals surface area contributed by atoms with Crippen molar-refractivity contribution in [2.24, 2.45) is 11.1 Å². The quantitative estimate of drug-likeness (QED) is 0.283. The lowest BCUT2D eigenvalue weighted by atomic mass is 9.96. The van der Waals surface area contributed by atoms with Crippen LogP contribution in [0.2, 0.25) is 0 Å². The Morgan fingerprint density at radius 1 is 1.31 bits per heavy atom. The lowest BCUT2D eigenvalue weighted by Gasteiger charge is -2.15. The molecule has 2 aromatic rings. The second-order valence-electron chi connectivity index (χ2n) is 7.57. The number of oxime groups is 1. The molecule has 0 radical (unpaired) electrons. The number of hydrogen-bond donors (Lipinski definition) is 2. The number of aromatic nitrogens is 1. The molecule has 2 aliphatic rings. The van der Waals surface area contributed by atoms with Gasteiger partial charge in [0.2, 0.25) is 6.10 Å². The summed E-state index contributed by atoms with van der Waals surface area (Å²) in [5.74, 6) is -3.63. The smallest absolute Gasteiger partial charge is 0.375 e. The summed E-state index contributed by atoms with van der Waals surface area (Å²) in [7, 11) is 1.24. The molecule has 0 saturated carbocycles. The summed E-state index contributed by atoms with van der Waals surface area (Å²) in [5, 5.41) is 8.13. The number of amides is 2. The molecule has 0 spiro atoms. The number of esters is 1. The number of rotatable bonds is 8. The van der Waals surface area contributed by atoms with Gasteiger partial charge in [0.15, 0.2) is 10.8 Å². The SMILES string of the molecule is CON=C(C(=O)N[C@H]1CON(OC(=O)C2CC(Cc3ccccc3)C(=O)O2)C1=O)c1csc(N)n1. The standard InChI is InChI=1S/C21H21N5O8S/c1-31-25-16(14-10-35-21(22)24-14)17(27)23-13-9-32-26(18(13)28)34-20(30)15-8-12(19(29)33-15)7-11-5-3-2-4-6-11/h2-6,10,12-13,15H,7-9H2,1H3,(H2,22,24)(H,23,27)/t12?,13-,15?/m0/s1. The van der Waals surface area contributed by atoms with Crippen molar-refractivity contribution >= 4 is 45.9 Å². The van der Waals surface area contributed by atoms with Crippen molar-refractivity contribution < 1.29 is 38.4 Å². The topological polar surface area (TPSA) is 172 Å². The van der Waals surface area contributed by atoms with Crippen molar-refractivity contribution in [1.82, 2.24) is 15.5 Å². The average molecular weight is 503 g/mol. The van der Waals surface area contributed by atoms with Gasteiger partial charge in [0.1, 0.15) is 25.5 Å². The largest absolute Gasteiger partial charge is 0.450 e. The van der Waals surface area contributed by atoms with Gasteiger partial charge >= 0.3 is 17.8 Å². The number of anilines is 1. The minimum absolute atomic E-state index is 0.0996. The number of hydroxylamine groups is 2. The summed E-state index contributed by atoms with van der Waals surface area (Å²) < 4.78 is 5.13. The fraction of sp³-hybridized carbons (Fsp3) is 0.333. The molecular weight excluding hydrogens is 482 g/mol. The molecule has 3 atom stereocenters. The Kier molecular flexibility index (Phi) is 7.22. The highest BCUT2D eigenvalue weighted by atomic mass is 32.1. The molecule has 184 valence electrons. The summed E-state index contributed by atoms with van der Waals surface area (Å²) in [6, 6.07) is 8.13. The minimum atomic E-state index is -1.18. The lowest BCUT2D eigenvalue weighted by Crippen LogP contribution is -2.46. The molecule has 13 nitrogen and oxygen atoms in total. The number of nitrogen functional groups attached to an aromatic ring is 1. The van der Waals surface area contributed by atoms with E-state index >= 15 is 0 Å². The highest BCUT2D eigenvalue weighted by molar-refractivity contribution is 7.13. The fourth-order valence-corrected chi connectivity index (χ4v) is 4.03. The molecule has 3 N–H and O–H groups in total.